The normalized spacial score (nSPS) is 11.6. The van der Waals surface area contributed by atoms with Crippen molar-refractivity contribution in [1.29, 1.82) is 0 Å². The molecule has 1 aliphatic rings. The van der Waals surface area contributed by atoms with E-state index >= 15 is 0 Å². The summed E-state index contributed by atoms with van der Waals surface area (Å²) < 4.78 is 10.4. The Balaban J connectivity index is 1.37. The van der Waals surface area contributed by atoms with Crippen LogP contribution in [-0.2, 0) is 31.9 Å². The van der Waals surface area contributed by atoms with Gasteiger partial charge in [-0.1, -0.05) is 61.7 Å². The van der Waals surface area contributed by atoms with Crippen LogP contribution >= 0.6 is 0 Å². The number of nitrogens with one attached hydrogen (secondary N) is 2. The van der Waals surface area contributed by atoms with Crippen LogP contribution in [0.4, 0.5) is 22.7 Å². The Morgan fingerprint density at radius 3 is 1.30 bits per heavy atom. The fourth-order valence-corrected chi connectivity index (χ4v) is 5.02. The van der Waals surface area contributed by atoms with Crippen LogP contribution in [0.2, 0.25) is 0 Å². The van der Waals surface area contributed by atoms with Crippen LogP contribution in [0.1, 0.15) is 56.8 Å². The predicted octanol–water partition coefficient (Wildman–Crippen LogP) is 7.27. The highest BCUT2D eigenvalue weighted by molar-refractivity contribution is 6.32. The summed E-state index contributed by atoms with van der Waals surface area (Å²) in [6, 6.07) is 25.6. The molecule has 0 spiro atoms. The molecule has 0 radical (unpaired) electrons. The first-order valence-electron chi connectivity index (χ1n) is 14.8. The van der Waals surface area contributed by atoms with E-state index in [0.29, 0.717) is 57.6 Å². The van der Waals surface area contributed by atoms with Gasteiger partial charge in [0.15, 0.2) is 11.6 Å². The van der Waals surface area contributed by atoms with Gasteiger partial charge in [-0.3, -0.25) is 9.59 Å². The van der Waals surface area contributed by atoms with Gasteiger partial charge < -0.3 is 20.1 Å². The average molecular weight is 615 g/mol. The van der Waals surface area contributed by atoms with E-state index in [1.165, 1.54) is 0 Å². The van der Waals surface area contributed by atoms with E-state index < -0.39 is 11.9 Å². The molecule has 8 heteroatoms. The van der Waals surface area contributed by atoms with Crippen molar-refractivity contribution in [2.45, 2.75) is 26.7 Å². The van der Waals surface area contributed by atoms with Gasteiger partial charge in [0.25, 0.3) is 0 Å². The van der Waals surface area contributed by atoms with Crippen molar-refractivity contribution in [2.75, 3.05) is 23.8 Å². The molecular weight excluding hydrogens is 580 g/mol. The van der Waals surface area contributed by atoms with E-state index in [1.54, 1.807) is 50.2 Å². The number of hydrogen-bond donors (Lipinski definition) is 2. The largest absolute Gasteiger partial charge is 0.462 e. The number of anilines is 4. The zero-order valence-electron chi connectivity index (χ0n) is 25.8. The summed E-state index contributed by atoms with van der Waals surface area (Å²) in [6.07, 6.45) is 1.09. The second kappa shape index (κ2) is 13.9. The lowest BCUT2D eigenvalue weighted by atomic mass is 9.82. The van der Waals surface area contributed by atoms with Crippen LogP contribution < -0.4 is 10.6 Å². The van der Waals surface area contributed by atoms with Gasteiger partial charge >= 0.3 is 11.9 Å². The molecule has 0 amide bonds. The van der Waals surface area contributed by atoms with Crippen LogP contribution in [0.5, 0.6) is 0 Å². The van der Waals surface area contributed by atoms with Crippen LogP contribution in [0.25, 0.3) is 0 Å². The van der Waals surface area contributed by atoms with Crippen molar-refractivity contribution in [3.05, 3.63) is 143 Å². The molecule has 0 aliphatic heterocycles. The Bertz CT molecular complexity index is 1720. The Hall–Kier alpha value is -5.76. The molecule has 46 heavy (non-hydrogen) atoms. The molecule has 2 N–H and O–H groups in total. The summed E-state index contributed by atoms with van der Waals surface area (Å²) in [5.41, 5.74) is 6.44. The van der Waals surface area contributed by atoms with Gasteiger partial charge in [-0.25, -0.2) is 9.59 Å². The van der Waals surface area contributed by atoms with E-state index in [9.17, 15) is 19.2 Å². The summed E-state index contributed by atoms with van der Waals surface area (Å²) in [6.45, 7) is 10.9. The number of ether oxygens (including phenoxy) is 2. The van der Waals surface area contributed by atoms with Crippen LogP contribution in [0.15, 0.2) is 109 Å². The molecule has 4 aromatic carbocycles. The number of carbonyl (C=O) groups is 4. The molecule has 0 heterocycles. The van der Waals surface area contributed by atoms with Crippen molar-refractivity contribution < 1.29 is 28.7 Å². The van der Waals surface area contributed by atoms with Gasteiger partial charge in [0, 0.05) is 46.5 Å². The third-order valence-corrected chi connectivity index (χ3v) is 7.49. The van der Waals surface area contributed by atoms with E-state index in [2.05, 4.69) is 23.8 Å². The number of benzene rings is 4. The monoisotopic (exact) mass is 614 g/mol. The number of ketones is 2. The molecule has 8 nitrogen and oxygen atoms in total. The Morgan fingerprint density at radius 2 is 0.957 bits per heavy atom. The van der Waals surface area contributed by atoms with E-state index in [1.807, 2.05) is 48.5 Å². The molecule has 0 unspecified atom stereocenters. The molecule has 0 saturated heterocycles. The average Bonchev–Trinajstić information content (AvgIpc) is 3.05. The van der Waals surface area contributed by atoms with Gasteiger partial charge in [-0.2, -0.15) is 0 Å². The maximum atomic E-state index is 13.9. The van der Waals surface area contributed by atoms with E-state index in [-0.39, 0.29) is 24.8 Å². The van der Waals surface area contributed by atoms with Crippen molar-refractivity contribution in [3.8, 4) is 0 Å². The van der Waals surface area contributed by atoms with Gasteiger partial charge in [0.05, 0.1) is 35.7 Å². The lowest BCUT2D eigenvalue weighted by Gasteiger charge is -2.24. The maximum absolute atomic E-state index is 13.9. The second-order valence-electron chi connectivity index (χ2n) is 11.1. The molecular formula is C38H34N2O6. The highest BCUT2D eigenvalue weighted by atomic mass is 16.5. The number of esters is 2. The molecule has 0 atom stereocenters. The zero-order valence-corrected chi connectivity index (χ0v) is 25.8. The number of carbonyl (C=O) groups excluding carboxylic acids is 4. The summed E-state index contributed by atoms with van der Waals surface area (Å²) in [5.74, 6) is -1.32. The Morgan fingerprint density at radius 1 is 0.587 bits per heavy atom. The van der Waals surface area contributed by atoms with Crippen molar-refractivity contribution >= 4 is 46.3 Å². The van der Waals surface area contributed by atoms with Gasteiger partial charge in [0.2, 0.25) is 0 Å². The third kappa shape index (κ3) is 7.13. The van der Waals surface area contributed by atoms with Gasteiger partial charge in [-0.15, -0.1) is 0 Å². The molecule has 0 aromatic heterocycles. The van der Waals surface area contributed by atoms with Crippen molar-refractivity contribution in [1.82, 2.24) is 0 Å². The first-order chi connectivity index (χ1) is 22.1. The van der Waals surface area contributed by atoms with Crippen molar-refractivity contribution in [2.24, 2.45) is 0 Å². The molecule has 4 aromatic rings. The first kappa shape index (κ1) is 31.7. The minimum atomic E-state index is -0.419. The minimum absolute atomic E-state index is 0.240. The molecule has 0 fully saturated rings. The summed E-state index contributed by atoms with van der Waals surface area (Å²) in [5, 5.41) is 6.65. The summed E-state index contributed by atoms with van der Waals surface area (Å²) in [4.78, 5) is 51.0. The quantitative estimate of drug-likeness (QED) is 0.112. The highest BCUT2D eigenvalue weighted by Gasteiger charge is 2.34. The molecule has 5 rings (SSSR count). The standard InChI is InChI=1S/C38H34N2O6/c1-23(2)37(43)45-21-19-25-9-13-27(14-10-25)39-31-17-18-32(34-33(31)35(41)29-7-5-6-8-30(29)36(34)42)40-28-15-11-26(12-16-28)20-22-46-38(44)24(3)4/h5-18,39-40H,1,3,19-22H2,2,4H3. The van der Waals surface area contributed by atoms with E-state index in [4.69, 9.17) is 9.47 Å². The molecule has 0 bridgehead atoms. The third-order valence-electron chi connectivity index (χ3n) is 7.49. The van der Waals surface area contributed by atoms with Gasteiger partial charge in [0.1, 0.15) is 0 Å². The van der Waals surface area contributed by atoms with E-state index in [0.717, 1.165) is 22.5 Å². The Labute approximate surface area is 267 Å². The summed E-state index contributed by atoms with van der Waals surface area (Å²) >= 11 is 0. The topological polar surface area (TPSA) is 111 Å². The first-order valence-corrected chi connectivity index (χ1v) is 14.8. The number of fused-ring (bicyclic) bond motifs is 2. The zero-order chi connectivity index (χ0) is 32.8. The lowest BCUT2D eigenvalue weighted by molar-refractivity contribution is -0.139. The number of rotatable bonds is 12. The summed E-state index contributed by atoms with van der Waals surface area (Å²) in [7, 11) is 0. The van der Waals surface area contributed by atoms with Crippen LogP contribution in [0.3, 0.4) is 0 Å². The number of hydrogen-bond acceptors (Lipinski definition) is 8. The Kier molecular flexibility index (Phi) is 9.57. The van der Waals surface area contributed by atoms with Crippen LogP contribution in [-0.4, -0.2) is 36.7 Å². The molecule has 232 valence electrons. The minimum Gasteiger partial charge on any atom is -0.462 e. The molecule has 1 aliphatic carbocycles. The van der Waals surface area contributed by atoms with Crippen molar-refractivity contribution in [3.63, 3.8) is 0 Å². The highest BCUT2D eigenvalue weighted by Crippen LogP contribution is 2.38. The van der Waals surface area contributed by atoms with Gasteiger partial charge in [-0.05, 0) is 61.4 Å². The fourth-order valence-electron chi connectivity index (χ4n) is 5.02. The smallest absolute Gasteiger partial charge is 0.333 e. The predicted molar refractivity (Wildman–Crippen MR) is 178 cm³/mol. The second-order valence-corrected chi connectivity index (χ2v) is 11.1. The molecule has 0 saturated carbocycles. The van der Waals surface area contributed by atoms with Crippen LogP contribution in [0, 0.1) is 0 Å². The maximum Gasteiger partial charge on any atom is 0.333 e. The fraction of sp³-hybridized carbons (Fsp3) is 0.158. The lowest BCUT2D eigenvalue weighted by Crippen LogP contribution is -2.23. The SMILES string of the molecule is C=C(C)C(=O)OCCc1ccc(Nc2ccc(Nc3ccc(CCOC(=O)C(=C)C)cc3)c3c2C(=O)c2ccccc2C3=O)cc1.